The predicted octanol–water partition coefficient (Wildman–Crippen LogP) is 3.39. The third-order valence-corrected chi connectivity index (χ3v) is 5.40. The first kappa shape index (κ1) is 19.2. The molecular weight excluding hydrogens is 392 g/mol. The van der Waals surface area contributed by atoms with Crippen molar-refractivity contribution in [2.75, 3.05) is 13.7 Å². The van der Waals surface area contributed by atoms with Crippen LogP contribution in [0.2, 0.25) is 5.02 Å². The zero-order chi connectivity index (χ0) is 20.4. The summed E-state index contributed by atoms with van der Waals surface area (Å²) in [6, 6.07) is 14.1. The summed E-state index contributed by atoms with van der Waals surface area (Å²) in [6.07, 6.45) is 2.06. The molecule has 0 spiro atoms. The van der Waals surface area contributed by atoms with Crippen LogP contribution >= 0.6 is 11.6 Å². The van der Waals surface area contributed by atoms with Gasteiger partial charge < -0.3 is 14.4 Å². The zero-order valence-corrected chi connectivity index (χ0v) is 16.6. The van der Waals surface area contributed by atoms with Crippen molar-refractivity contribution in [1.82, 2.24) is 9.88 Å². The summed E-state index contributed by atoms with van der Waals surface area (Å²) < 4.78 is 10.7. The number of benzene rings is 2. The Kier molecular flexibility index (Phi) is 5.36. The summed E-state index contributed by atoms with van der Waals surface area (Å²) in [5, 5.41) is 1.31. The predicted molar refractivity (Wildman–Crippen MR) is 109 cm³/mol. The normalized spacial score (nSPS) is 15.7. The third-order valence-electron chi connectivity index (χ3n) is 5.07. The topological polar surface area (TPSA) is 68.7 Å². The van der Waals surface area contributed by atoms with Gasteiger partial charge in [0.25, 0.3) is 5.91 Å². The van der Waals surface area contributed by atoms with E-state index in [-0.39, 0.29) is 12.5 Å². The molecule has 4 rings (SSSR count). The first-order chi connectivity index (χ1) is 14.1. The van der Waals surface area contributed by atoms with E-state index in [1.165, 1.54) is 12.0 Å². The number of methoxy groups -OCH3 is 1. The SMILES string of the molecule is COC(=O)[C@H]1Cc2ccccc2CN1C(=O)COc1ccc(Cl)c2cccnc12. The average molecular weight is 411 g/mol. The molecule has 148 valence electrons. The minimum atomic E-state index is -0.675. The fourth-order valence-electron chi connectivity index (χ4n) is 3.58. The number of hydrogen-bond donors (Lipinski definition) is 0. The summed E-state index contributed by atoms with van der Waals surface area (Å²) >= 11 is 6.21. The molecule has 1 amide bonds. The maximum atomic E-state index is 13.0. The molecule has 6 nitrogen and oxygen atoms in total. The summed E-state index contributed by atoms with van der Waals surface area (Å²) in [4.78, 5) is 31.1. The Morgan fingerprint density at radius 2 is 1.93 bits per heavy atom. The molecule has 7 heteroatoms. The Balaban J connectivity index is 1.56. The molecule has 2 aromatic carbocycles. The largest absolute Gasteiger partial charge is 0.481 e. The van der Waals surface area contributed by atoms with Crippen LogP contribution in [0.5, 0.6) is 5.75 Å². The molecule has 0 N–H and O–H groups in total. The molecule has 1 aliphatic heterocycles. The quantitative estimate of drug-likeness (QED) is 0.617. The fraction of sp³-hybridized carbons (Fsp3) is 0.227. The van der Waals surface area contributed by atoms with Crippen LogP contribution in [0.3, 0.4) is 0 Å². The smallest absolute Gasteiger partial charge is 0.328 e. The Hall–Kier alpha value is -3.12. The van der Waals surface area contributed by atoms with Gasteiger partial charge in [-0.15, -0.1) is 0 Å². The highest BCUT2D eigenvalue weighted by atomic mass is 35.5. The lowest BCUT2D eigenvalue weighted by atomic mass is 9.94. The van der Waals surface area contributed by atoms with Gasteiger partial charge in [0.1, 0.15) is 17.3 Å². The van der Waals surface area contributed by atoms with E-state index in [2.05, 4.69) is 4.98 Å². The number of fused-ring (bicyclic) bond motifs is 2. The lowest BCUT2D eigenvalue weighted by molar-refractivity contribution is -0.154. The number of aromatic nitrogens is 1. The molecule has 2 heterocycles. The summed E-state index contributed by atoms with van der Waals surface area (Å²) in [5.41, 5.74) is 2.64. The molecule has 0 saturated carbocycles. The van der Waals surface area contributed by atoms with E-state index in [1.807, 2.05) is 30.3 Å². The van der Waals surface area contributed by atoms with Gasteiger partial charge in [0.2, 0.25) is 0 Å². The monoisotopic (exact) mass is 410 g/mol. The number of carbonyl (C=O) groups excluding carboxylic acids is 2. The highest BCUT2D eigenvalue weighted by Crippen LogP contribution is 2.30. The molecule has 0 bridgehead atoms. The van der Waals surface area contributed by atoms with Crippen LogP contribution in [0, 0.1) is 0 Å². The average Bonchev–Trinajstić information content (AvgIpc) is 2.77. The van der Waals surface area contributed by atoms with Crippen molar-refractivity contribution in [3.8, 4) is 5.75 Å². The van der Waals surface area contributed by atoms with Crippen LogP contribution in [-0.4, -0.2) is 41.5 Å². The third kappa shape index (κ3) is 3.76. The first-order valence-electron chi connectivity index (χ1n) is 9.18. The van der Waals surface area contributed by atoms with Gasteiger partial charge >= 0.3 is 5.97 Å². The Morgan fingerprint density at radius 3 is 2.72 bits per heavy atom. The van der Waals surface area contributed by atoms with Gasteiger partial charge in [-0.1, -0.05) is 35.9 Å². The minimum Gasteiger partial charge on any atom is -0.481 e. The molecule has 1 aliphatic rings. The van der Waals surface area contributed by atoms with Crippen LogP contribution in [0.4, 0.5) is 0 Å². The van der Waals surface area contributed by atoms with E-state index < -0.39 is 12.0 Å². The summed E-state index contributed by atoms with van der Waals surface area (Å²) in [6.45, 7) is 0.112. The van der Waals surface area contributed by atoms with Crippen LogP contribution in [0.1, 0.15) is 11.1 Å². The fourth-order valence-corrected chi connectivity index (χ4v) is 3.80. The van der Waals surface area contributed by atoms with E-state index in [0.29, 0.717) is 29.3 Å². The van der Waals surface area contributed by atoms with Crippen LogP contribution in [0.25, 0.3) is 10.9 Å². The van der Waals surface area contributed by atoms with Gasteiger partial charge in [-0.3, -0.25) is 9.78 Å². The van der Waals surface area contributed by atoms with Gasteiger partial charge in [0, 0.05) is 24.5 Å². The lowest BCUT2D eigenvalue weighted by Crippen LogP contribution is -2.50. The molecule has 0 unspecified atom stereocenters. The molecule has 29 heavy (non-hydrogen) atoms. The molecule has 3 aromatic rings. The maximum absolute atomic E-state index is 13.0. The van der Waals surface area contributed by atoms with E-state index in [4.69, 9.17) is 21.1 Å². The van der Waals surface area contributed by atoms with Crippen molar-refractivity contribution >= 4 is 34.4 Å². The minimum absolute atomic E-state index is 0.219. The van der Waals surface area contributed by atoms with Crippen molar-refractivity contribution < 1.29 is 19.1 Å². The number of carbonyl (C=O) groups is 2. The number of pyridine rings is 1. The number of rotatable bonds is 4. The molecular formula is C22H19ClN2O4. The highest BCUT2D eigenvalue weighted by Gasteiger charge is 2.35. The van der Waals surface area contributed by atoms with Gasteiger partial charge in [-0.05, 0) is 35.4 Å². The second kappa shape index (κ2) is 8.09. The zero-order valence-electron chi connectivity index (χ0n) is 15.8. The summed E-state index contributed by atoms with van der Waals surface area (Å²) in [7, 11) is 1.33. The van der Waals surface area contributed by atoms with Gasteiger partial charge in [-0.2, -0.15) is 0 Å². The van der Waals surface area contributed by atoms with E-state index in [1.54, 1.807) is 24.4 Å². The van der Waals surface area contributed by atoms with E-state index >= 15 is 0 Å². The molecule has 1 atom stereocenters. The Morgan fingerprint density at radius 1 is 1.14 bits per heavy atom. The molecule has 1 aromatic heterocycles. The number of esters is 1. The van der Waals surface area contributed by atoms with Gasteiger partial charge in [0.05, 0.1) is 12.1 Å². The highest BCUT2D eigenvalue weighted by molar-refractivity contribution is 6.35. The van der Waals surface area contributed by atoms with Crippen LogP contribution in [-0.2, 0) is 27.3 Å². The standard InChI is InChI=1S/C22H19ClN2O4/c1-28-22(27)18-11-14-5-2-3-6-15(14)12-25(18)20(26)13-29-19-9-8-17(23)16-7-4-10-24-21(16)19/h2-10,18H,11-13H2,1H3/t18-/m1/s1. The summed E-state index contributed by atoms with van der Waals surface area (Å²) in [5.74, 6) is -0.272. The Labute approximate surface area is 173 Å². The maximum Gasteiger partial charge on any atom is 0.328 e. The van der Waals surface area contributed by atoms with Crippen molar-refractivity contribution in [3.05, 3.63) is 70.9 Å². The second-order valence-corrected chi connectivity index (χ2v) is 7.17. The van der Waals surface area contributed by atoms with E-state index in [0.717, 1.165) is 16.5 Å². The number of ether oxygens (including phenoxy) is 2. The lowest BCUT2D eigenvalue weighted by Gasteiger charge is -2.35. The van der Waals surface area contributed by atoms with Gasteiger partial charge in [-0.25, -0.2) is 4.79 Å². The van der Waals surface area contributed by atoms with Crippen molar-refractivity contribution in [1.29, 1.82) is 0 Å². The number of amides is 1. The first-order valence-corrected chi connectivity index (χ1v) is 9.56. The Bertz CT molecular complexity index is 1090. The molecule has 0 saturated heterocycles. The van der Waals surface area contributed by atoms with Crippen molar-refractivity contribution in [2.24, 2.45) is 0 Å². The van der Waals surface area contributed by atoms with Crippen molar-refractivity contribution in [2.45, 2.75) is 19.0 Å². The number of halogens is 1. The number of hydrogen-bond acceptors (Lipinski definition) is 5. The second-order valence-electron chi connectivity index (χ2n) is 6.77. The van der Waals surface area contributed by atoms with Crippen LogP contribution < -0.4 is 4.74 Å². The molecule has 0 radical (unpaired) electrons. The molecule has 0 fully saturated rings. The number of nitrogens with zero attached hydrogens (tertiary/aromatic N) is 2. The van der Waals surface area contributed by atoms with Gasteiger partial charge in [0.15, 0.2) is 6.61 Å². The van der Waals surface area contributed by atoms with Crippen molar-refractivity contribution in [3.63, 3.8) is 0 Å². The van der Waals surface area contributed by atoms with E-state index in [9.17, 15) is 9.59 Å². The molecule has 0 aliphatic carbocycles. The van der Waals surface area contributed by atoms with Crippen LogP contribution in [0.15, 0.2) is 54.7 Å².